The first-order valence-corrected chi connectivity index (χ1v) is 9.97. The van der Waals surface area contributed by atoms with Gasteiger partial charge in [0.25, 0.3) is 0 Å². The molecule has 1 aromatic carbocycles. The van der Waals surface area contributed by atoms with Gasteiger partial charge < -0.3 is 9.80 Å². The van der Waals surface area contributed by atoms with Crippen LogP contribution in [0.3, 0.4) is 0 Å². The van der Waals surface area contributed by atoms with Gasteiger partial charge >= 0.3 is 5.69 Å². The van der Waals surface area contributed by atoms with Gasteiger partial charge in [-0.2, -0.15) is 0 Å². The highest BCUT2D eigenvalue weighted by atomic mass is 16.2. The number of aromatic nitrogens is 2. The third kappa shape index (κ3) is 3.56. The standard InChI is InChI=1S/C20H27N5O3/c1-21-16-6-2-3-7-17(16)25(20(21)28)15-19(27)24-12-10-22(11-13-24)14-18(26)23-8-4-5-9-23/h2-3,6-7H,4-5,8-15H2,1H3. The zero-order chi connectivity index (χ0) is 19.7. The van der Waals surface area contributed by atoms with Crippen LogP contribution in [0.25, 0.3) is 11.0 Å². The minimum atomic E-state index is -0.176. The van der Waals surface area contributed by atoms with Gasteiger partial charge in [0.2, 0.25) is 11.8 Å². The first-order valence-electron chi connectivity index (χ1n) is 9.97. The molecule has 1 aromatic heterocycles. The van der Waals surface area contributed by atoms with E-state index in [1.807, 2.05) is 29.2 Å². The molecule has 2 aliphatic heterocycles. The summed E-state index contributed by atoms with van der Waals surface area (Å²) in [7, 11) is 1.72. The number of fused-ring (bicyclic) bond motifs is 1. The smallest absolute Gasteiger partial charge is 0.329 e. The van der Waals surface area contributed by atoms with Crippen molar-refractivity contribution in [3.8, 4) is 0 Å². The monoisotopic (exact) mass is 385 g/mol. The lowest BCUT2D eigenvalue weighted by atomic mass is 10.3. The van der Waals surface area contributed by atoms with Crippen molar-refractivity contribution in [1.29, 1.82) is 0 Å². The summed E-state index contributed by atoms with van der Waals surface area (Å²) in [6.07, 6.45) is 2.20. The second-order valence-electron chi connectivity index (χ2n) is 7.66. The summed E-state index contributed by atoms with van der Waals surface area (Å²) in [5, 5.41) is 0. The molecule has 0 spiro atoms. The molecule has 2 fully saturated rings. The van der Waals surface area contributed by atoms with Crippen LogP contribution in [0.5, 0.6) is 0 Å². The number of benzene rings is 1. The highest BCUT2D eigenvalue weighted by molar-refractivity contribution is 5.81. The van der Waals surface area contributed by atoms with E-state index in [4.69, 9.17) is 0 Å². The molecule has 8 nitrogen and oxygen atoms in total. The molecule has 0 unspecified atom stereocenters. The number of likely N-dealkylation sites (tertiary alicyclic amines) is 1. The zero-order valence-electron chi connectivity index (χ0n) is 16.3. The number of hydrogen-bond acceptors (Lipinski definition) is 4. The molecule has 0 aliphatic carbocycles. The predicted octanol–water partition coefficient (Wildman–Crippen LogP) is 0.107. The third-order valence-electron chi connectivity index (χ3n) is 5.89. The summed E-state index contributed by atoms with van der Waals surface area (Å²) in [6.45, 7) is 4.79. The molecular weight excluding hydrogens is 358 g/mol. The van der Waals surface area contributed by atoms with E-state index in [1.165, 1.54) is 0 Å². The molecule has 3 heterocycles. The SMILES string of the molecule is Cn1c(=O)n(CC(=O)N2CCN(CC(=O)N3CCCC3)CC2)c2ccccc21. The maximum absolute atomic E-state index is 12.8. The van der Waals surface area contributed by atoms with Crippen LogP contribution in [-0.4, -0.2) is 81.5 Å². The number of carbonyl (C=O) groups is 2. The lowest BCUT2D eigenvalue weighted by Crippen LogP contribution is -2.52. The van der Waals surface area contributed by atoms with Crippen LogP contribution in [0.1, 0.15) is 12.8 Å². The van der Waals surface area contributed by atoms with E-state index in [0.717, 1.165) is 37.0 Å². The molecule has 4 rings (SSSR count). The van der Waals surface area contributed by atoms with Crippen molar-refractivity contribution in [2.45, 2.75) is 19.4 Å². The van der Waals surface area contributed by atoms with Gasteiger partial charge in [-0.05, 0) is 25.0 Å². The summed E-state index contributed by atoms with van der Waals surface area (Å²) in [6, 6.07) is 7.51. The van der Waals surface area contributed by atoms with Crippen LogP contribution in [0, 0.1) is 0 Å². The quantitative estimate of drug-likeness (QED) is 0.749. The Balaban J connectivity index is 1.35. The van der Waals surface area contributed by atoms with Gasteiger partial charge in [-0.1, -0.05) is 12.1 Å². The van der Waals surface area contributed by atoms with Gasteiger partial charge in [-0.3, -0.25) is 23.6 Å². The summed E-state index contributed by atoms with van der Waals surface area (Å²) < 4.78 is 3.12. The normalized spacial score (nSPS) is 18.2. The number of carbonyl (C=O) groups excluding carboxylic acids is 2. The summed E-state index contributed by atoms with van der Waals surface area (Å²) in [5.41, 5.74) is 1.42. The number of rotatable bonds is 4. The Morgan fingerprint density at radius 2 is 1.39 bits per heavy atom. The van der Waals surface area contributed by atoms with Gasteiger partial charge in [-0.25, -0.2) is 4.79 Å². The van der Waals surface area contributed by atoms with Gasteiger partial charge in [-0.15, -0.1) is 0 Å². The number of aryl methyl sites for hydroxylation is 1. The molecule has 0 bridgehead atoms. The predicted molar refractivity (Wildman–Crippen MR) is 106 cm³/mol. The Hall–Kier alpha value is -2.61. The molecule has 0 N–H and O–H groups in total. The third-order valence-corrected chi connectivity index (χ3v) is 5.89. The fourth-order valence-electron chi connectivity index (χ4n) is 4.16. The average Bonchev–Trinajstić information content (AvgIpc) is 3.33. The van der Waals surface area contributed by atoms with Crippen molar-refractivity contribution in [3.05, 3.63) is 34.7 Å². The van der Waals surface area contributed by atoms with Gasteiger partial charge in [0, 0.05) is 46.3 Å². The highest BCUT2D eigenvalue weighted by Crippen LogP contribution is 2.13. The van der Waals surface area contributed by atoms with E-state index in [2.05, 4.69) is 4.90 Å². The van der Waals surface area contributed by atoms with Crippen LogP contribution in [-0.2, 0) is 23.2 Å². The van der Waals surface area contributed by atoms with Gasteiger partial charge in [0.1, 0.15) is 6.54 Å². The summed E-state index contributed by atoms with van der Waals surface area (Å²) >= 11 is 0. The molecule has 2 aromatic rings. The molecule has 2 aliphatic rings. The number of amides is 2. The summed E-state index contributed by atoms with van der Waals surface area (Å²) in [4.78, 5) is 43.4. The van der Waals surface area contributed by atoms with Crippen LogP contribution in [0.2, 0.25) is 0 Å². The minimum Gasteiger partial charge on any atom is -0.342 e. The van der Waals surface area contributed by atoms with Gasteiger partial charge in [0.15, 0.2) is 0 Å². The first-order chi connectivity index (χ1) is 13.5. The fourth-order valence-corrected chi connectivity index (χ4v) is 4.16. The number of piperazine rings is 1. The topological polar surface area (TPSA) is 70.8 Å². The van der Waals surface area contributed by atoms with E-state index in [0.29, 0.717) is 32.7 Å². The fraction of sp³-hybridized carbons (Fsp3) is 0.550. The van der Waals surface area contributed by atoms with Crippen LogP contribution >= 0.6 is 0 Å². The lowest BCUT2D eigenvalue weighted by molar-refractivity contribution is -0.135. The molecule has 0 saturated carbocycles. The maximum atomic E-state index is 12.8. The Morgan fingerprint density at radius 1 is 0.821 bits per heavy atom. The van der Waals surface area contributed by atoms with Crippen LogP contribution in [0.4, 0.5) is 0 Å². The minimum absolute atomic E-state index is 0.0485. The lowest BCUT2D eigenvalue weighted by Gasteiger charge is -2.35. The van der Waals surface area contributed by atoms with Crippen LogP contribution in [0.15, 0.2) is 29.1 Å². The van der Waals surface area contributed by atoms with Gasteiger partial charge in [0.05, 0.1) is 17.6 Å². The second-order valence-corrected chi connectivity index (χ2v) is 7.66. The summed E-state index contributed by atoms with van der Waals surface area (Å²) in [5.74, 6) is 0.142. The van der Waals surface area contributed by atoms with E-state index >= 15 is 0 Å². The zero-order valence-corrected chi connectivity index (χ0v) is 16.3. The number of hydrogen-bond donors (Lipinski definition) is 0. The number of nitrogens with zero attached hydrogens (tertiary/aromatic N) is 5. The Kier molecular flexibility index (Phi) is 5.21. The van der Waals surface area contributed by atoms with E-state index in [9.17, 15) is 14.4 Å². The Morgan fingerprint density at radius 3 is 2.07 bits per heavy atom. The molecule has 2 saturated heterocycles. The number of imidazole rings is 1. The Labute approximate surface area is 163 Å². The van der Waals surface area contributed by atoms with Crippen molar-refractivity contribution in [2.24, 2.45) is 7.05 Å². The van der Waals surface area contributed by atoms with Crippen LogP contribution < -0.4 is 5.69 Å². The maximum Gasteiger partial charge on any atom is 0.329 e. The highest BCUT2D eigenvalue weighted by Gasteiger charge is 2.26. The van der Waals surface area contributed by atoms with Crippen molar-refractivity contribution >= 4 is 22.8 Å². The largest absolute Gasteiger partial charge is 0.342 e. The first kappa shape index (κ1) is 18.7. The molecule has 0 radical (unpaired) electrons. The second kappa shape index (κ2) is 7.79. The van der Waals surface area contributed by atoms with E-state index < -0.39 is 0 Å². The Bertz CT molecular complexity index is 933. The van der Waals surface area contributed by atoms with Crippen molar-refractivity contribution in [1.82, 2.24) is 23.8 Å². The van der Waals surface area contributed by atoms with E-state index in [-0.39, 0.29) is 24.0 Å². The average molecular weight is 385 g/mol. The molecule has 8 heteroatoms. The molecule has 0 atom stereocenters. The van der Waals surface area contributed by atoms with Crippen molar-refractivity contribution in [2.75, 3.05) is 45.8 Å². The van der Waals surface area contributed by atoms with Crippen molar-refractivity contribution in [3.63, 3.8) is 0 Å². The van der Waals surface area contributed by atoms with E-state index in [1.54, 1.807) is 21.1 Å². The molecule has 28 heavy (non-hydrogen) atoms. The molecule has 150 valence electrons. The molecular formula is C20H27N5O3. The molecule has 2 amide bonds. The van der Waals surface area contributed by atoms with Crippen molar-refractivity contribution < 1.29 is 9.59 Å². The number of para-hydroxylation sites is 2.